The van der Waals surface area contributed by atoms with Gasteiger partial charge in [-0.25, -0.2) is 4.79 Å². The minimum absolute atomic E-state index is 0.286. The maximum Gasteiger partial charge on any atom is 0.340 e. The van der Waals surface area contributed by atoms with E-state index in [0.29, 0.717) is 32.7 Å². The third-order valence-electron chi connectivity index (χ3n) is 2.78. The molecule has 0 radical (unpaired) electrons. The van der Waals surface area contributed by atoms with Crippen molar-refractivity contribution in [2.45, 2.75) is 6.92 Å². The molecule has 6 heteroatoms. The molecule has 2 rings (SSSR count). The second-order valence-corrected chi connectivity index (χ2v) is 5.08. The van der Waals surface area contributed by atoms with Crippen LogP contribution in [0.15, 0.2) is 36.4 Å². The Bertz CT molecular complexity index is 675. The molecule has 110 valence electrons. The number of nitrogens with two attached hydrogens (primary N) is 1. The van der Waals surface area contributed by atoms with Crippen molar-refractivity contribution in [3.8, 4) is 0 Å². The third-order valence-corrected chi connectivity index (χ3v) is 3.33. The second kappa shape index (κ2) is 6.70. The highest BCUT2D eigenvalue weighted by molar-refractivity contribution is 6.36. The molecule has 0 spiro atoms. The summed E-state index contributed by atoms with van der Waals surface area (Å²) in [4.78, 5) is 12.0. The number of hydrogen-bond donors (Lipinski definition) is 2. The first kappa shape index (κ1) is 15.5. The van der Waals surface area contributed by atoms with Crippen LogP contribution in [0.25, 0.3) is 0 Å². The first-order valence-electron chi connectivity index (χ1n) is 6.30. The number of benzene rings is 2. The molecular weight excluding hydrogens is 311 g/mol. The summed E-state index contributed by atoms with van der Waals surface area (Å²) in [6, 6.07) is 10.0. The van der Waals surface area contributed by atoms with Gasteiger partial charge in [0.1, 0.15) is 0 Å². The molecule has 0 fully saturated rings. The molecule has 0 heterocycles. The number of nitrogen functional groups attached to an aromatic ring is 1. The number of carbonyl (C=O) groups excluding carboxylic acids is 1. The average molecular weight is 325 g/mol. The van der Waals surface area contributed by atoms with Crippen LogP contribution < -0.4 is 11.1 Å². The van der Waals surface area contributed by atoms with E-state index in [9.17, 15) is 4.79 Å². The van der Waals surface area contributed by atoms with Crippen molar-refractivity contribution in [3.05, 3.63) is 52.0 Å². The van der Waals surface area contributed by atoms with E-state index in [1.165, 1.54) is 0 Å². The van der Waals surface area contributed by atoms with Crippen LogP contribution in [0.5, 0.6) is 0 Å². The highest BCUT2D eigenvalue weighted by Crippen LogP contribution is 2.32. The van der Waals surface area contributed by atoms with Crippen molar-refractivity contribution in [1.29, 1.82) is 0 Å². The minimum atomic E-state index is -0.447. The highest BCUT2D eigenvalue weighted by atomic mass is 35.5. The average Bonchev–Trinajstić information content (AvgIpc) is 2.43. The molecule has 0 unspecified atom stereocenters. The Morgan fingerprint density at radius 1 is 1.29 bits per heavy atom. The standard InChI is InChI=1S/C15H14Cl2N2O2/c1-2-21-15(20)10-4-3-5-12(18)14(10)19-13-7-6-9(16)8-11(13)17/h3-8,19H,2,18H2,1H3. The second-order valence-electron chi connectivity index (χ2n) is 4.24. The van der Waals surface area contributed by atoms with Crippen molar-refractivity contribution < 1.29 is 9.53 Å². The number of rotatable bonds is 4. The molecule has 0 saturated heterocycles. The van der Waals surface area contributed by atoms with E-state index in [4.69, 9.17) is 33.7 Å². The number of esters is 1. The fourth-order valence-corrected chi connectivity index (χ4v) is 2.27. The topological polar surface area (TPSA) is 64.3 Å². The van der Waals surface area contributed by atoms with Gasteiger partial charge in [0, 0.05) is 5.02 Å². The molecule has 0 saturated carbocycles. The quantitative estimate of drug-likeness (QED) is 0.642. The summed E-state index contributed by atoms with van der Waals surface area (Å²) in [5, 5.41) is 4.02. The molecule has 3 N–H and O–H groups in total. The fourth-order valence-electron chi connectivity index (χ4n) is 1.81. The van der Waals surface area contributed by atoms with Gasteiger partial charge in [-0.2, -0.15) is 0 Å². The van der Waals surface area contributed by atoms with Gasteiger partial charge in [0.15, 0.2) is 0 Å². The lowest BCUT2D eigenvalue weighted by atomic mass is 10.1. The van der Waals surface area contributed by atoms with Crippen LogP contribution >= 0.6 is 23.2 Å². The molecule has 0 aromatic heterocycles. The summed E-state index contributed by atoms with van der Waals surface area (Å²) >= 11 is 12.0. The summed E-state index contributed by atoms with van der Waals surface area (Å²) in [7, 11) is 0. The van der Waals surface area contributed by atoms with Crippen LogP contribution in [0.2, 0.25) is 10.0 Å². The largest absolute Gasteiger partial charge is 0.462 e. The van der Waals surface area contributed by atoms with Gasteiger partial charge in [-0.1, -0.05) is 29.3 Å². The van der Waals surface area contributed by atoms with E-state index < -0.39 is 5.97 Å². The zero-order valence-corrected chi connectivity index (χ0v) is 12.8. The molecule has 0 amide bonds. The number of nitrogens with one attached hydrogen (secondary N) is 1. The predicted octanol–water partition coefficient (Wildman–Crippen LogP) is 4.50. The van der Waals surface area contributed by atoms with Gasteiger partial charge in [0.25, 0.3) is 0 Å². The Labute approximate surface area is 132 Å². The van der Waals surface area contributed by atoms with Crippen molar-refractivity contribution in [2.24, 2.45) is 0 Å². The van der Waals surface area contributed by atoms with Crippen LogP contribution in [0.4, 0.5) is 17.1 Å². The summed E-state index contributed by atoms with van der Waals surface area (Å²) < 4.78 is 5.02. The molecule has 2 aromatic carbocycles. The number of carbonyl (C=O) groups is 1. The van der Waals surface area contributed by atoms with Crippen LogP contribution in [-0.2, 0) is 4.74 Å². The van der Waals surface area contributed by atoms with Crippen LogP contribution in [-0.4, -0.2) is 12.6 Å². The van der Waals surface area contributed by atoms with Crippen LogP contribution in [0, 0.1) is 0 Å². The van der Waals surface area contributed by atoms with Gasteiger partial charge in [-0.15, -0.1) is 0 Å². The monoisotopic (exact) mass is 324 g/mol. The smallest absolute Gasteiger partial charge is 0.340 e. The molecule has 21 heavy (non-hydrogen) atoms. The molecule has 0 aliphatic carbocycles. The van der Waals surface area contributed by atoms with E-state index in [0.717, 1.165) is 0 Å². The lowest BCUT2D eigenvalue weighted by Gasteiger charge is -2.15. The van der Waals surface area contributed by atoms with Gasteiger partial charge >= 0.3 is 5.97 Å². The number of hydrogen-bond acceptors (Lipinski definition) is 4. The van der Waals surface area contributed by atoms with Crippen molar-refractivity contribution in [3.63, 3.8) is 0 Å². The summed E-state index contributed by atoms with van der Waals surface area (Å²) in [6.45, 7) is 2.03. The van der Waals surface area contributed by atoms with Crippen molar-refractivity contribution in [2.75, 3.05) is 17.7 Å². The van der Waals surface area contributed by atoms with Crippen LogP contribution in [0.1, 0.15) is 17.3 Å². The van der Waals surface area contributed by atoms with E-state index in [1.807, 2.05) is 0 Å². The summed E-state index contributed by atoms with van der Waals surface area (Å²) in [5.41, 5.74) is 7.78. The number of anilines is 3. The molecule has 2 aromatic rings. The molecule has 0 aliphatic rings. The lowest BCUT2D eigenvalue weighted by molar-refractivity contribution is 0.0527. The Balaban J connectivity index is 2.41. The Morgan fingerprint density at radius 3 is 2.71 bits per heavy atom. The number of para-hydroxylation sites is 1. The first-order valence-corrected chi connectivity index (χ1v) is 7.06. The lowest BCUT2D eigenvalue weighted by Crippen LogP contribution is -2.09. The summed E-state index contributed by atoms with van der Waals surface area (Å²) in [6.07, 6.45) is 0. The maximum atomic E-state index is 12.0. The summed E-state index contributed by atoms with van der Waals surface area (Å²) in [5.74, 6) is -0.447. The van der Waals surface area contributed by atoms with E-state index in [1.54, 1.807) is 43.3 Å². The van der Waals surface area contributed by atoms with Gasteiger partial charge in [-0.05, 0) is 37.3 Å². The molecule has 4 nitrogen and oxygen atoms in total. The normalized spacial score (nSPS) is 10.2. The predicted molar refractivity (Wildman–Crippen MR) is 86.6 cm³/mol. The van der Waals surface area contributed by atoms with Gasteiger partial charge in [0.05, 0.1) is 34.3 Å². The Morgan fingerprint density at radius 2 is 2.05 bits per heavy atom. The zero-order chi connectivity index (χ0) is 15.4. The Hall–Kier alpha value is -1.91. The highest BCUT2D eigenvalue weighted by Gasteiger charge is 2.15. The maximum absolute atomic E-state index is 12.0. The van der Waals surface area contributed by atoms with E-state index in [2.05, 4.69) is 5.32 Å². The molecule has 0 aliphatic heterocycles. The zero-order valence-electron chi connectivity index (χ0n) is 11.3. The van der Waals surface area contributed by atoms with Crippen LogP contribution in [0.3, 0.4) is 0 Å². The number of halogens is 2. The van der Waals surface area contributed by atoms with Crippen molar-refractivity contribution >= 4 is 46.2 Å². The van der Waals surface area contributed by atoms with Gasteiger partial charge < -0.3 is 15.8 Å². The SMILES string of the molecule is CCOC(=O)c1cccc(N)c1Nc1ccc(Cl)cc1Cl. The van der Waals surface area contributed by atoms with Gasteiger partial charge in [0.2, 0.25) is 0 Å². The molecule has 0 atom stereocenters. The third kappa shape index (κ3) is 3.60. The van der Waals surface area contributed by atoms with Gasteiger partial charge in [-0.3, -0.25) is 0 Å². The minimum Gasteiger partial charge on any atom is -0.462 e. The van der Waals surface area contributed by atoms with Crippen molar-refractivity contribution in [1.82, 2.24) is 0 Å². The Kier molecular flexibility index (Phi) is 4.94. The van der Waals surface area contributed by atoms with E-state index >= 15 is 0 Å². The van der Waals surface area contributed by atoms with E-state index in [-0.39, 0.29) is 6.61 Å². The fraction of sp³-hybridized carbons (Fsp3) is 0.133. The molecule has 0 bridgehead atoms. The number of ether oxygens (including phenoxy) is 1. The first-order chi connectivity index (χ1) is 10.0. The molecular formula is C15H14Cl2N2O2.